The highest BCUT2D eigenvalue weighted by Crippen LogP contribution is 2.24. The van der Waals surface area contributed by atoms with Crippen LogP contribution < -0.4 is 5.43 Å². The summed E-state index contributed by atoms with van der Waals surface area (Å²) in [5.41, 5.74) is 5.89. The van der Waals surface area contributed by atoms with Gasteiger partial charge in [-0.25, -0.2) is 5.43 Å². The highest BCUT2D eigenvalue weighted by Gasteiger charge is 2.24. The molecule has 4 rings (SSSR count). The van der Waals surface area contributed by atoms with Crippen LogP contribution in [0, 0.1) is 0 Å². The molecule has 4 nitrogen and oxygen atoms in total. The molecule has 21 heavy (non-hydrogen) atoms. The van der Waals surface area contributed by atoms with E-state index in [-0.39, 0.29) is 5.91 Å². The van der Waals surface area contributed by atoms with Gasteiger partial charge in [-0.2, -0.15) is 5.10 Å². The molecular weight excluding hydrogens is 282 g/mol. The second-order valence-corrected chi connectivity index (χ2v) is 5.67. The first-order chi connectivity index (χ1) is 10.3. The number of para-hydroxylation sites is 1. The third kappa shape index (κ3) is 1.98. The molecule has 1 aromatic carbocycles. The fourth-order valence-corrected chi connectivity index (χ4v) is 3.17. The van der Waals surface area contributed by atoms with Crippen LogP contribution in [-0.2, 0) is 4.79 Å². The van der Waals surface area contributed by atoms with Gasteiger partial charge in [0.15, 0.2) is 0 Å². The van der Waals surface area contributed by atoms with E-state index >= 15 is 0 Å². The molecule has 0 atom stereocenters. The first-order valence-corrected chi connectivity index (χ1v) is 7.41. The molecular formula is C16H11N3OS. The van der Waals surface area contributed by atoms with Crippen molar-refractivity contribution in [1.29, 1.82) is 0 Å². The maximum atomic E-state index is 12.0. The van der Waals surface area contributed by atoms with E-state index in [1.54, 1.807) is 11.3 Å². The Labute approximate surface area is 124 Å². The van der Waals surface area contributed by atoms with E-state index in [1.165, 1.54) is 0 Å². The summed E-state index contributed by atoms with van der Waals surface area (Å²) in [6.07, 6.45) is 3.80. The molecule has 102 valence electrons. The van der Waals surface area contributed by atoms with Crippen molar-refractivity contribution >= 4 is 39.9 Å². The van der Waals surface area contributed by atoms with Crippen LogP contribution in [0.1, 0.15) is 10.4 Å². The normalized spacial score (nSPS) is 16.5. The van der Waals surface area contributed by atoms with E-state index in [0.717, 1.165) is 21.3 Å². The Balaban J connectivity index is 1.84. The molecule has 0 aliphatic carbocycles. The van der Waals surface area contributed by atoms with E-state index in [1.807, 2.05) is 54.1 Å². The van der Waals surface area contributed by atoms with Crippen LogP contribution in [0.5, 0.6) is 0 Å². The fraction of sp³-hybridized carbons (Fsp3) is 0. The van der Waals surface area contributed by atoms with Gasteiger partial charge in [-0.05, 0) is 23.6 Å². The maximum absolute atomic E-state index is 12.0. The monoisotopic (exact) mass is 293 g/mol. The second-order valence-electron chi connectivity index (χ2n) is 4.73. The Morgan fingerprint density at radius 1 is 1.14 bits per heavy atom. The number of H-pyrrole nitrogens is 1. The van der Waals surface area contributed by atoms with Gasteiger partial charge in [0.1, 0.15) is 5.71 Å². The third-order valence-electron chi connectivity index (χ3n) is 3.44. The smallest absolute Gasteiger partial charge is 0.273 e. The summed E-state index contributed by atoms with van der Waals surface area (Å²) in [6.45, 7) is 0. The SMILES string of the molecule is O=C1NN=C(c2cccs2)C1=Cc1c[nH]c2ccccc12. The lowest BCUT2D eigenvalue weighted by atomic mass is 10.1. The first kappa shape index (κ1) is 12.1. The zero-order chi connectivity index (χ0) is 14.2. The lowest BCUT2D eigenvalue weighted by molar-refractivity contribution is -0.116. The molecule has 0 unspecified atom stereocenters. The molecule has 3 aromatic rings. The number of aromatic nitrogens is 1. The lowest BCUT2D eigenvalue weighted by Crippen LogP contribution is -2.13. The molecule has 0 spiro atoms. The predicted octanol–water partition coefficient (Wildman–Crippen LogP) is 3.15. The van der Waals surface area contributed by atoms with Gasteiger partial charge in [0.25, 0.3) is 5.91 Å². The average molecular weight is 293 g/mol. The molecule has 1 amide bonds. The minimum absolute atomic E-state index is 0.163. The van der Waals surface area contributed by atoms with Crippen LogP contribution >= 0.6 is 11.3 Å². The number of carbonyl (C=O) groups is 1. The van der Waals surface area contributed by atoms with Crippen LogP contribution in [0.15, 0.2) is 58.6 Å². The fourth-order valence-electron chi connectivity index (χ4n) is 2.44. The number of thiophene rings is 1. The number of nitrogens with one attached hydrogen (secondary N) is 2. The summed E-state index contributed by atoms with van der Waals surface area (Å²) in [5, 5.41) is 7.22. The number of carbonyl (C=O) groups excluding carboxylic acids is 1. The standard InChI is InChI=1S/C16H11N3OS/c20-16-12(15(18-19-16)14-6-3-7-21-14)8-10-9-17-13-5-2-1-4-11(10)13/h1-9,17H,(H,19,20). The Hall–Kier alpha value is -2.66. The quantitative estimate of drug-likeness (QED) is 0.701. The van der Waals surface area contributed by atoms with Crippen molar-refractivity contribution in [2.75, 3.05) is 0 Å². The van der Waals surface area contributed by atoms with Crippen molar-refractivity contribution in [3.63, 3.8) is 0 Å². The van der Waals surface area contributed by atoms with Gasteiger partial charge >= 0.3 is 0 Å². The summed E-state index contributed by atoms with van der Waals surface area (Å²) >= 11 is 1.57. The number of nitrogens with zero attached hydrogens (tertiary/aromatic N) is 1. The van der Waals surface area contributed by atoms with E-state index in [0.29, 0.717) is 11.3 Å². The molecule has 5 heteroatoms. The third-order valence-corrected chi connectivity index (χ3v) is 4.32. The number of amides is 1. The summed E-state index contributed by atoms with van der Waals surface area (Å²) in [4.78, 5) is 16.2. The minimum Gasteiger partial charge on any atom is -0.361 e. The molecule has 2 N–H and O–H groups in total. The van der Waals surface area contributed by atoms with Crippen molar-refractivity contribution < 1.29 is 4.79 Å². The highest BCUT2D eigenvalue weighted by molar-refractivity contribution is 7.12. The van der Waals surface area contributed by atoms with Gasteiger partial charge in [-0.3, -0.25) is 4.79 Å². The number of hydrogen-bond donors (Lipinski definition) is 2. The van der Waals surface area contributed by atoms with Gasteiger partial charge < -0.3 is 4.98 Å². The molecule has 0 radical (unpaired) electrons. The van der Waals surface area contributed by atoms with Crippen LogP contribution in [0.3, 0.4) is 0 Å². The van der Waals surface area contributed by atoms with E-state index in [9.17, 15) is 4.79 Å². The molecule has 1 aliphatic rings. The molecule has 0 fully saturated rings. The highest BCUT2D eigenvalue weighted by atomic mass is 32.1. The Morgan fingerprint density at radius 2 is 2.05 bits per heavy atom. The van der Waals surface area contributed by atoms with Crippen LogP contribution in [-0.4, -0.2) is 16.6 Å². The van der Waals surface area contributed by atoms with Gasteiger partial charge in [-0.15, -0.1) is 11.3 Å². The summed E-state index contributed by atoms with van der Waals surface area (Å²) < 4.78 is 0. The molecule has 0 bridgehead atoms. The van der Waals surface area contributed by atoms with Crippen molar-refractivity contribution in [2.45, 2.75) is 0 Å². The number of hydrazone groups is 1. The van der Waals surface area contributed by atoms with Crippen molar-refractivity contribution in [2.24, 2.45) is 5.10 Å². The maximum Gasteiger partial charge on any atom is 0.273 e. The van der Waals surface area contributed by atoms with E-state index < -0.39 is 0 Å². The van der Waals surface area contributed by atoms with Crippen molar-refractivity contribution in [3.05, 3.63) is 64.0 Å². The summed E-state index contributed by atoms with van der Waals surface area (Å²) in [6, 6.07) is 11.9. The number of aromatic amines is 1. The number of rotatable bonds is 2. The topological polar surface area (TPSA) is 57.2 Å². The van der Waals surface area contributed by atoms with Gasteiger partial charge in [0, 0.05) is 22.7 Å². The average Bonchev–Trinajstić information content (AvgIpc) is 3.21. The van der Waals surface area contributed by atoms with Gasteiger partial charge in [0.2, 0.25) is 0 Å². The molecule has 3 heterocycles. The van der Waals surface area contributed by atoms with Gasteiger partial charge in [-0.1, -0.05) is 24.3 Å². The number of fused-ring (bicyclic) bond motifs is 1. The Morgan fingerprint density at radius 3 is 2.90 bits per heavy atom. The zero-order valence-corrected chi connectivity index (χ0v) is 11.8. The minimum atomic E-state index is -0.163. The Kier molecular flexibility index (Phi) is 2.72. The van der Waals surface area contributed by atoms with Crippen LogP contribution in [0.4, 0.5) is 0 Å². The summed E-state index contributed by atoms with van der Waals surface area (Å²) in [5.74, 6) is -0.163. The second kappa shape index (κ2) is 4.71. The van der Waals surface area contributed by atoms with Crippen LogP contribution in [0.25, 0.3) is 17.0 Å². The molecule has 0 saturated heterocycles. The van der Waals surface area contributed by atoms with E-state index in [2.05, 4.69) is 15.5 Å². The zero-order valence-electron chi connectivity index (χ0n) is 11.0. The number of hydrogen-bond acceptors (Lipinski definition) is 3. The predicted molar refractivity (Wildman–Crippen MR) is 85.3 cm³/mol. The summed E-state index contributed by atoms with van der Waals surface area (Å²) in [7, 11) is 0. The lowest BCUT2D eigenvalue weighted by Gasteiger charge is -1.98. The van der Waals surface area contributed by atoms with Crippen molar-refractivity contribution in [3.8, 4) is 0 Å². The molecule has 0 saturated carbocycles. The van der Waals surface area contributed by atoms with Crippen LogP contribution in [0.2, 0.25) is 0 Å². The van der Waals surface area contributed by atoms with Crippen molar-refractivity contribution in [1.82, 2.24) is 10.4 Å². The largest absolute Gasteiger partial charge is 0.361 e. The number of benzene rings is 1. The molecule has 2 aromatic heterocycles. The van der Waals surface area contributed by atoms with Gasteiger partial charge in [0.05, 0.1) is 10.5 Å². The Bertz CT molecular complexity index is 887. The van der Waals surface area contributed by atoms with E-state index in [4.69, 9.17) is 0 Å². The first-order valence-electron chi connectivity index (χ1n) is 6.53. The molecule has 1 aliphatic heterocycles.